The van der Waals surface area contributed by atoms with Crippen molar-refractivity contribution in [1.29, 1.82) is 0 Å². The summed E-state index contributed by atoms with van der Waals surface area (Å²) in [6, 6.07) is 0.475. The number of morpholine rings is 1. The minimum Gasteiger partial charge on any atom is -0.378 e. The van der Waals surface area contributed by atoms with E-state index < -0.39 is 0 Å². The van der Waals surface area contributed by atoms with Crippen LogP contribution in [0, 0.1) is 5.41 Å². The lowest BCUT2D eigenvalue weighted by Crippen LogP contribution is -2.58. The van der Waals surface area contributed by atoms with Crippen molar-refractivity contribution in [1.82, 2.24) is 5.32 Å². The number of hydrogen-bond donors (Lipinski definition) is 1. The maximum absolute atomic E-state index is 6.02. The van der Waals surface area contributed by atoms with Gasteiger partial charge in [0.1, 0.15) is 5.60 Å². The van der Waals surface area contributed by atoms with Crippen molar-refractivity contribution in [2.75, 3.05) is 26.4 Å². The van der Waals surface area contributed by atoms with Crippen molar-refractivity contribution in [3.63, 3.8) is 0 Å². The smallest absolute Gasteiger partial charge is 0.109 e. The van der Waals surface area contributed by atoms with Crippen LogP contribution in [0.5, 0.6) is 0 Å². The minimum atomic E-state index is -0.0243. The number of rotatable bonds is 2. The molecule has 0 radical (unpaired) electrons. The maximum Gasteiger partial charge on any atom is 0.109 e. The van der Waals surface area contributed by atoms with E-state index in [-0.39, 0.29) is 5.60 Å². The molecule has 0 aromatic rings. The van der Waals surface area contributed by atoms with Gasteiger partial charge in [0, 0.05) is 25.6 Å². The van der Waals surface area contributed by atoms with E-state index in [4.69, 9.17) is 9.47 Å². The summed E-state index contributed by atoms with van der Waals surface area (Å²) < 4.78 is 11.6. The Morgan fingerprint density at radius 1 is 1.31 bits per heavy atom. The molecule has 2 fully saturated rings. The highest BCUT2D eigenvalue weighted by Gasteiger charge is 2.45. The molecule has 0 saturated carbocycles. The molecule has 16 heavy (non-hydrogen) atoms. The van der Waals surface area contributed by atoms with Crippen molar-refractivity contribution in [2.24, 2.45) is 5.41 Å². The van der Waals surface area contributed by atoms with Gasteiger partial charge < -0.3 is 14.8 Å². The SMILES string of the molecule is CC(C)(C)CCC1NCCOC12CCOC2. The van der Waals surface area contributed by atoms with Crippen molar-refractivity contribution in [3.05, 3.63) is 0 Å². The molecule has 2 heterocycles. The molecule has 0 bridgehead atoms. The highest BCUT2D eigenvalue weighted by molar-refractivity contribution is 4.98. The normalized spacial score (nSPS) is 35.8. The lowest BCUT2D eigenvalue weighted by Gasteiger charge is -2.41. The van der Waals surface area contributed by atoms with Gasteiger partial charge in [-0.25, -0.2) is 0 Å². The van der Waals surface area contributed by atoms with E-state index in [0.717, 1.165) is 32.8 Å². The Kier molecular flexibility index (Phi) is 3.57. The molecular formula is C13H25NO2. The third kappa shape index (κ3) is 2.76. The Labute approximate surface area is 98.9 Å². The monoisotopic (exact) mass is 227 g/mol. The van der Waals surface area contributed by atoms with E-state index in [0.29, 0.717) is 11.5 Å². The first-order chi connectivity index (χ1) is 7.52. The number of hydrogen-bond acceptors (Lipinski definition) is 3. The van der Waals surface area contributed by atoms with Crippen LogP contribution in [0.1, 0.15) is 40.0 Å². The largest absolute Gasteiger partial charge is 0.378 e. The lowest BCUT2D eigenvalue weighted by atomic mass is 9.82. The van der Waals surface area contributed by atoms with Crippen molar-refractivity contribution >= 4 is 0 Å². The van der Waals surface area contributed by atoms with E-state index in [2.05, 4.69) is 26.1 Å². The highest BCUT2D eigenvalue weighted by atomic mass is 16.6. The van der Waals surface area contributed by atoms with Crippen molar-refractivity contribution < 1.29 is 9.47 Å². The fraction of sp³-hybridized carbons (Fsp3) is 1.00. The van der Waals surface area contributed by atoms with Crippen LogP contribution in [0.4, 0.5) is 0 Å². The third-order valence-corrected chi connectivity index (χ3v) is 3.72. The first-order valence-electron chi connectivity index (χ1n) is 6.47. The maximum atomic E-state index is 6.02. The molecule has 2 aliphatic rings. The third-order valence-electron chi connectivity index (χ3n) is 3.72. The summed E-state index contributed by atoms with van der Waals surface area (Å²) in [6.45, 7) is 10.3. The van der Waals surface area contributed by atoms with Gasteiger partial charge in [0.15, 0.2) is 0 Å². The quantitative estimate of drug-likeness (QED) is 0.782. The fourth-order valence-electron chi connectivity index (χ4n) is 2.67. The van der Waals surface area contributed by atoms with Crippen LogP contribution >= 0.6 is 0 Å². The van der Waals surface area contributed by atoms with Crippen LogP contribution in [0.15, 0.2) is 0 Å². The van der Waals surface area contributed by atoms with Gasteiger partial charge in [-0.3, -0.25) is 0 Å². The minimum absolute atomic E-state index is 0.0243. The molecule has 1 N–H and O–H groups in total. The van der Waals surface area contributed by atoms with Gasteiger partial charge in [0.25, 0.3) is 0 Å². The van der Waals surface area contributed by atoms with Gasteiger partial charge in [-0.15, -0.1) is 0 Å². The van der Waals surface area contributed by atoms with Crippen LogP contribution in [-0.4, -0.2) is 38.0 Å². The van der Waals surface area contributed by atoms with E-state index in [1.165, 1.54) is 12.8 Å². The molecule has 94 valence electrons. The van der Waals surface area contributed by atoms with Crippen LogP contribution in [0.25, 0.3) is 0 Å². The Balaban J connectivity index is 1.94. The number of nitrogens with one attached hydrogen (secondary N) is 1. The Morgan fingerprint density at radius 2 is 2.12 bits per heavy atom. The van der Waals surface area contributed by atoms with Crippen LogP contribution < -0.4 is 5.32 Å². The predicted molar refractivity (Wildman–Crippen MR) is 64.6 cm³/mol. The summed E-state index contributed by atoms with van der Waals surface area (Å²) >= 11 is 0. The summed E-state index contributed by atoms with van der Waals surface area (Å²) in [7, 11) is 0. The first kappa shape index (κ1) is 12.3. The van der Waals surface area contributed by atoms with E-state index >= 15 is 0 Å². The summed E-state index contributed by atoms with van der Waals surface area (Å²) in [5, 5.41) is 3.62. The fourth-order valence-corrected chi connectivity index (χ4v) is 2.67. The molecule has 2 aliphatic heterocycles. The van der Waals surface area contributed by atoms with E-state index in [9.17, 15) is 0 Å². The molecule has 0 aliphatic carbocycles. The van der Waals surface area contributed by atoms with Crippen LogP contribution in [-0.2, 0) is 9.47 Å². The molecule has 0 amide bonds. The molecule has 1 spiro atoms. The van der Waals surface area contributed by atoms with Crippen molar-refractivity contribution in [2.45, 2.75) is 51.7 Å². The van der Waals surface area contributed by atoms with Crippen LogP contribution in [0.2, 0.25) is 0 Å². The van der Waals surface area contributed by atoms with E-state index in [1.54, 1.807) is 0 Å². The zero-order chi connectivity index (χ0) is 11.6. The summed E-state index contributed by atoms with van der Waals surface area (Å²) in [6.07, 6.45) is 3.47. The molecule has 3 nitrogen and oxygen atoms in total. The standard InChI is InChI=1S/C13H25NO2/c1-12(2,3)5-4-11-13(6-8-15-10-13)16-9-7-14-11/h11,14H,4-10H2,1-3H3. The molecule has 2 rings (SSSR count). The molecular weight excluding hydrogens is 202 g/mol. The van der Waals surface area contributed by atoms with Gasteiger partial charge >= 0.3 is 0 Å². The average Bonchev–Trinajstić information content (AvgIpc) is 2.65. The first-order valence-corrected chi connectivity index (χ1v) is 6.47. The summed E-state index contributed by atoms with van der Waals surface area (Å²) in [5.74, 6) is 0. The summed E-state index contributed by atoms with van der Waals surface area (Å²) in [5.41, 5.74) is 0.378. The Hall–Kier alpha value is -0.120. The molecule has 2 atom stereocenters. The predicted octanol–water partition coefficient (Wildman–Crippen LogP) is 1.96. The molecule has 2 unspecified atom stereocenters. The zero-order valence-electron chi connectivity index (χ0n) is 10.8. The second kappa shape index (κ2) is 4.63. The van der Waals surface area contributed by atoms with Crippen molar-refractivity contribution in [3.8, 4) is 0 Å². The zero-order valence-corrected chi connectivity index (χ0v) is 10.8. The highest BCUT2D eigenvalue weighted by Crippen LogP contribution is 2.33. The van der Waals surface area contributed by atoms with Gasteiger partial charge in [0.2, 0.25) is 0 Å². The average molecular weight is 227 g/mol. The Bertz CT molecular complexity index is 229. The summed E-state index contributed by atoms with van der Waals surface area (Å²) in [4.78, 5) is 0. The van der Waals surface area contributed by atoms with E-state index in [1.807, 2.05) is 0 Å². The second-order valence-electron chi connectivity index (χ2n) is 6.32. The molecule has 2 saturated heterocycles. The number of ether oxygens (including phenoxy) is 2. The topological polar surface area (TPSA) is 30.5 Å². The Morgan fingerprint density at radius 3 is 2.75 bits per heavy atom. The van der Waals surface area contributed by atoms with Gasteiger partial charge in [0.05, 0.1) is 13.2 Å². The van der Waals surface area contributed by atoms with Gasteiger partial charge in [-0.05, 0) is 18.3 Å². The lowest BCUT2D eigenvalue weighted by molar-refractivity contribution is -0.101. The molecule has 3 heteroatoms. The van der Waals surface area contributed by atoms with Gasteiger partial charge in [-0.1, -0.05) is 20.8 Å². The second-order valence-corrected chi connectivity index (χ2v) is 6.32. The van der Waals surface area contributed by atoms with Crippen LogP contribution in [0.3, 0.4) is 0 Å². The molecule has 0 aromatic carbocycles. The van der Waals surface area contributed by atoms with Gasteiger partial charge in [-0.2, -0.15) is 0 Å². The molecule has 0 aromatic heterocycles.